The first kappa shape index (κ1) is 38.2. The van der Waals surface area contributed by atoms with Crippen LogP contribution < -0.4 is 39.0 Å². The van der Waals surface area contributed by atoms with Crippen LogP contribution in [-0.4, -0.2) is 40.0 Å². The van der Waals surface area contributed by atoms with Crippen molar-refractivity contribution in [1.29, 1.82) is 5.41 Å². The molecule has 0 spiro atoms. The van der Waals surface area contributed by atoms with Crippen LogP contribution in [0.3, 0.4) is 0 Å². The Labute approximate surface area is 330 Å². The van der Waals surface area contributed by atoms with E-state index < -0.39 is 11.4 Å². The monoisotopic (exact) mass is 731 g/mol. The average Bonchev–Trinajstić information content (AvgIpc) is 3.12. The Balaban J connectivity index is 0.00000302. The Hall–Kier alpha value is -4.02. The molecule has 0 unspecified atom stereocenters. The van der Waals surface area contributed by atoms with Crippen molar-refractivity contribution < 1.29 is 55.1 Å². The second-order valence-corrected chi connectivity index (χ2v) is 13.0. The third-order valence-electron chi connectivity index (χ3n) is 8.50. The Bertz CT molecular complexity index is 2050. The number of carboxylic acids is 1. The molecule has 2 aromatic heterocycles. The van der Waals surface area contributed by atoms with Crippen LogP contribution in [-0.2, 0) is 28.2 Å². The van der Waals surface area contributed by atoms with Crippen molar-refractivity contribution >= 4 is 56.7 Å². The van der Waals surface area contributed by atoms with Crippen molar-refractivity contribution in [3.05, 3.63) is 142 Å². The standard InChI is InChI=1S/C40H35Cl2N3O5.Na.H/c1-40(22-30(43)23-48-19-18-39(46)47,28-12-16-37(33(41)20-28)49-24-31-14-10-26-6-2-4-8-35(26)44-31)29-13-17-38(34(42)21-29)50-25-32-15-11-27-7-3-5-9-36(27)45-32;;/h2-17,20-21,43H,18-19,22-25H2,1H3,(H,46,47);;/q;+1;-1. The molecule has 2 heterocycles. The number of aliphatic carboxylic acids is 1. The van der Waals surface area contributed by atoms with Gasteiger partial charge in [-0.15, -0.1) is 0 Å². The molecule has 2 N–H and O–H groups in total. The molecular weight excluding hydrogens is 696 g/mol. The smallest absolute Gasteiger partial charge is 1.00 e. The van der Waals surface area contributed by atoms with E-state index >= 15 is 0 Å². The number of nitrogens with one attached hydrogen (secondary N) is 1. The Morgan fingerprint density at radius 2 is 1.25 bits per heavy atom. The van der Waals surface area contributed by atoms with E-state index in [2.05, 4.69) is 9.97 Å². The van der Waals surface area contributed by atoms with Crippen LogP contribution in [0.25, 0.3) is 21.8 Å². The van der Waals surface area contributed by atoms with Crippen molar-refractivity contribution in [1.82, 2.24) is 9.97 Å². The average molecular weight is 733 g/mol. The summed E-state index contributed by atoms with van der Waals surface area (Å²) in [7, 11) is 0. The summed E-state index contributed by atoms with van der Waals surface area (Å²) in [6.45, 7) is 2.50. The van der Waals surface area contributed by atoms with Crippen LogP contribution in [0.4, 0.5) is 0 Å². The molecule has 11 heteroatoms. The zero-order valence-electron chi connectivity index (χ0n) is 29.4. The fraction of sp³-hybridized carbons (Fsp3) is 0.200. The number of halogens is 2. The minimum absolute atomic E-state index is 0. The zero-order chi connectivity index (χ0) is 35.1. The summed E-state index contributed by atoms with van der Waals surface area (Å²) in [6.07, 6.45) is 0.122. The van der Waals surface area contributed by atoms with E-state index in [1.807, 2.05) is 116 Å². The number of aromatic nitrogens is 2. The second kappa shape index (κ2) is 17.5. The van der Waals surface area contributed by atoms with E-state index in [1.54, 1.807) is 0 Å². The normalized spacial score (nSPS) is 11.3. The molecule has 0 fully saturated rings. The molecule has 0 radical (unpaired) electrons. The first-order chi connectivity index (χ1) is 24.2. The van der Waals surface area contributed by atoms with Gasteiger partial charge in [-0.1, -0.05) is 90.8 Å². The zero-order valence-corrected chi connectivity index (χ0v) is 31.9. The molecule has 0 aliphatic heterocycles. The van der Waals surface area contributed by atoms with Gasteiger partial charge in [0, 0.05) is 28.3 Å². The summed E-state index contributed by atoms with van der Waals surface area (Å²) in [5.41, 5.74) is 4.52. The van der Waals surface area contributed by atoms with Crippen LogP contribution in [0.15, 0.2) is 109 Å². The quantitative estimate of drug-likeness (QED) is 0.0698. The first-order valence-electron chi connectivity index (χ1n) is 16.1. The molecule has 0 bridgehead atoms. The van der Waals surface area contributed by atoms with Crippen molar-refractivity contribution in [3.63, 3.8) is 0 Å². The number of nitrogens with zero attached hydrogens (tertiary/aromatic N) is 2. The van der Waals surface area contributed by atoms with Crippen LogP contribution in [0, 0.1) is 5.41 Å². The Kier molecular flexibility index (Phi) is 13.1. The fourth-order valence-corrected chi connectivity index (χ4v) is 6.28. The molecule has 51 heavy (non-hydrogen) atoms. The van der Waals surface area contributed by atoms with Crippen LogP contribution >= 0.6 is 23.2 Å². The molecule has 6 rings (SSSR count). The summed E-state index contributed by atoms with van der Waals surface area (Å²) in [4.78, 5) is 20.3. The van der Waals surface area contributed by atoms with Crippen molar-refractivity contribution in [2.75, 3.05) is 13.2 Å². The molecule has 0 saturated heterocycles. The molecule has 0 aliphatic carbocycles. The van der Waals surface area contributed by atoms with Gasteiger partial charge in [0.25, 0.3) is 0 Å². The molecular formula is C40H36Cl2N3NaO5. The predicted octanol–water partition coefficient (Wildman–Crippen LogP) is 6.57. The number of ether oxygens (including phenoxy) is 3. The van der Waals surface area contributed by atoms with Crippen LogP contribution in [0.2, 0.25) is 10.0 Å². The number of fused-ring (bicyclic) bond motifs is 2. The van der Waals surface area contributed by atoms with Gasteiger partial charge in [-0.25, -0.2) is 9.97 Å². The van der Waals surface area contributed by atoms with E-state index in [4.69, 9.17) is 47.9 Å². The molecule has 4 aromatic carbocycles. The van der Waals surface area contributed by atoms with E-state index in [0.29, 0.717) is 21.5 Å². The molecule has 256 valence electrons. The van der Waals surface area contributed by atoms with Crippen LogP contribution in [0.1, 0.15) is 43.7 Å². The number of carbonyl (C=O) groups is 1. The molecule has 0 aliphatic rings. The van der Waals surface area contributed by atoms with E-state index in [0.717, 1.165) is 44.3 Å². The van der Waals surface area contributed by atoms with Gasteiger partial charge >= 0.3 is 35.5 Å². The number of hydrogen-bond acceptors (Lipinski definition) is 7. The van der Waals surface area contributed by atoms with Gasteiger partial charge in [0.1, 0.15) is 24.7 Å². The second-order valence-electron chi connectivity index (χ2n) is 12.2. The van der Waals surface area contributed by atoms with Crippen molar-refractivity contribution in [2.45, 2.75) is 38.4 Å². The maximum absolute atomic E-state index is 10.9. The summed E-state index contributed by atoms with van der Waals surface area (Å²) in [5.74, 6) is 0.0517. The maximum atomic E-state index is 10.9. The summed E-state index contributed by atoms with van der Waals surface area (Å²) >= 11 is 13.6. The third kappa shape index (κ3) is 9.65. The molecule has 0 amide bonds. The topological polar surface area (TPSA) is 115 Å². The third-order valence-corrected chi connectivity index (χ3v) is 9.10. The molecule has 6 aromatic rings. The number of pyridine rings is 2. The van der Waals surface area contributed by atoms with Gasteiger partial charge in [0.2, 0.25) is 0 Å². The molecule has 8 nitrogen and oxygen atoms in total. The Morgan fingerprint density at radius 1 is 0.765 bits per heavy atom. The summed E-state index contributed by atoms with van der Waals surface area (Å²) in [5, 5.41) is 20.6. The molecule has 0 saturated carbocycles. The minimum Gasteiger partial charge on any atom is -1.00 e. The number of benzene rings is 4. The largest absolute Gasteiger partial charge is 1.00 e. The fourth-order valence-electron chi connectivity index (χ4n) is 5.81. The van der Waals surface area contributed by atoms with Gasteiger partial charge in [0.05, 0.1) is 52.1 Å². The van der Waals surface area contributed by atoms with Gasteiger partial charge in [-0.3, -0.25) is 4.79 Å². The predicted molar refractivity (Wildman–Crippen MR) is 198 cm³/mol. The van der Waals surface area contributed by atoms with Crippen LogP contribution in [0.5, 0.6) is 11.5 Å². The first-order valence-corrected chi connectivity index (χ1v) is 16.8. The van der Waals surface area contributed by atoms with Crippen molar-refractivity contribution in [2.24, 2.45) is 0 Å². The van der Waals surface area contributed by atoms with Gasteiger partial charge in [-0.05, 0) is 59.7 Å². The van der Waals surface area contributed by atoms with Crippen molar-refractivity contribution in [3.8, 4) is 11.5 Å². The number of para-hydroxylation sites is 2. The number of rotatable bonds is 15. The van der Waals surface area contributed by atoms with E-state index in [-0.39, 0.29) is 76.0 Å². The summed E-state index contributed by atoms with van der Waals surface area (Å²) < 4.78 is 17.7. The van der Waals surface area contributed by atoms with E-state index in [9.17, 15) is 4.79 Å². The van der Waals surface area contributed by atoms with E-state index in [1.165, 1.54) is 0 Å². The molecule has 0 atom stereocenters. The van der Waals surface area contributed by atoms with Gasteiger partial charge in [-0.2, -0.15) is 0 Å². The summed E-state index contributed by atoms with van der Waals surface area (Å²) in [6, 6.07) is 34.9. The SMILES string of the molecule is CC(CC(=N)COCCC(=O)O)(c1ccc(OCc2ccc3ccccc3n2)c(Cl)c1)c1ccc(OCc2ccc3ccccc3n2)c(Cl)c1.[H-].[Na+]. The van der Waals surface area contributed by atoms with Gasteiger partial charge < -0.3 is 26.2 Å². The number of carboxylic acid groups (broad SMARTS) is 1. The Morgan fingerprint density at radius 3 is 1.73 bits per heavy atom. The minimum atomic E-state index is -0.955. The number of hydrogen-bond donors (Lipinski definition) is 2. The van der Waals surface area contributed by atoms with Gasteiger partial charge in [0.15, 0.2) is 0 Å². The maximum Gasteiger partial charge on any atom is 1.00 e.